The van der Waals surface area contributed by atoms with Crippen molar-refractivity contribution in [3.8, 4) is 0 Å². The molecule has 3 nitrogen and oxygen atoms in total. The fraction of sp³-hybridized carbons (Fsp3) is 0.906. The minimum Gasteiger partial charge on any atom is -0.481 e. The van der Waals surface area contributed by atoms with E-state index >= 15 is 0 Å². The minimum atomic E-state index is -0.653. The van der Waals surface area contributed by atoms with E-state index in [-0.39, 0.29) is 0 Å². The predicted octanol–water partition coefficient (Wildman–Crippen LogP) is 10.5. The van der Waals surface area contributed by atoms with Gasteiger partial charge in [-0.15, -0.1) is 0 Å². The first kappa shape index (κ1) is 34.2. The van der Waals surface area contributed by atoms with Gasteiger partial charge in [-0.1, -0.05) is 147 Å². The van der Waals surface area contributed by atoms with Crippen molar-refractivity contribution in [1.82, 2.24) is 0 Å². The first-order valence-corrected chi connectivity index (χ1v) is 15.7. The van der Waals surface area contributed by atoms with Crippen LogP contribution in [-0.4, -0.2) is 22.8 Å². The monoisotopic (exact) mass is 494 g/mol. The summed E-state index contributed by atoms with van der Waals surface area (Å²) >= 11 is 0. The number of allylic oxidation sites excluding steroid dienone is 2. The lowest BCUT2D eigenvalue weighted by Crippen LogP contribution is -1.93. The maximum absolute atomic E-state index is 10.5. The molecule has 0 aliphatic rings. The van der Waals surface area contributed by atoms with Gasteiger partial charge in [-0.05, 0) is 38.5 Å². The van der Waals surface area contributed by atoms with Crippen LogP contribution in [0.25, 0.3) is 0 Å². The molecule has 0 aromatic carbocycles. The van der Waals surface area contributed by atoms with Crippen molar-refractivity contribution in [2.75, 3.05) is 6.61 Å². The van der Waals surface area contributed by atoms with Crippen LogP contribution in [-0.2, 0) is 4.79 Å². The molecular weight excluding hydrogens is 432 g/mol. The molecule has 0 aromatic heterocycles. The van der Waals surface area contributed by atoms with E-state index in [9.17, 15) is 4.79 Å². The van der Waals surface area contributed by atoms with Crippen molar-refractivity contribution in [3.63, 3.8) is 0 Å². The van der Waals surface area contributed by atoms with Crippen LogP contribution < -0.4 is 0 Å². The summed E-state index contributed by atoms with van der Waals surface area (Å²) in [7, 11) is 0. The van der Waals surface area contributed by atoms with Crippen LogP contribution in [0.4, 0.5) is 0 Å². The lowest BCUT2D eigenvalue weighted by atomic mass is 10.0. The first-order chi connectivity index (χ1) is 17.3. The zero-order chi connectivity index (χ0) is 25.5. The molecule has 0 rings (SSSR count). The molecule has 0 radical (unpaired) electrons. The van der Waals surface area contributed by atoms with Crippen LogP contribution in [0.3, 0.4) is 0 Å². The summed E-state index contributed by atoms with van der Waals surface area (Å²) in [6.07, 6.45) is 40.7. The molecule has 0 saturated carbocycles. The van der Waals surface area contributed by atoms with E-state index in [1.165, 1.54) is 154 Å². The molecule has 2 N–H and O–H groups in total. The summed E-state index contributed by atoms with van der Waals surface area (Å²) < 4.78 is 0. The molecule has 0 aliphatic carbocycles. The molecule has 3 heteroatoms. The number of aliphatic hydroxyl groups excluding tert-OH is 1. The Morgan fingerprint density at radius 3 is 0.943 bits per heavy atom. The van der Waals surface area contributed by atoms with Crippen molar-refractivity contribution >= 4 is 5.97 Å². The van der Waals surface area contributed by atoms with E-state index in [1.54, 1.807) is 0 Å². The highest BCUT2D eigenvalue weighted by molar-refractivity contribution is 5.66. The topological polar surface area (TPSA) is 57.5 Å². The maximum Gasteiger partial charge on any atom is 0.303 e. The van der Waals surface area contributed by atoms with Crippen LogP contribution in [0.15, 0.2) is 12.2 Å². The zero-order valence-electron chi connectivity index (χ0n) is 23.5. The number of rotatable bonds is 30. The molecule has 0 heterocycles. The molecule has 0 amide bonds. The maximum atomic E-state index is 10.5. The number of aliphatic carboxylic acids is 1. The molecule has 0 atom stereocenters. The van der Waals surface area contributed by atoms with E-state index in [4.69, 9.17) is 10.2 Å². The Labute approximate surface area is 219 Å². The van der Waals surface area contributed by atoms with Gasteiger partial charge in [0, 0.05) is 13.0 Å². The highest BCUT2D eigenvalue weighted by atomic mass is 16.4. The van der Waals surface area contributed by atoms with Gasteiger partial charge in [-0.25, -0.2) is 0 Å². The fourth-order valence-corrected chi connectivity index (χ4v) is 4.86. The molecule has 0 unspecified atom stereocenters. The lowest BCUT2D eigenvalue weighted by molar-refractivity contribution is -0.137. The van der Waals surface area contributed by atoms with Crippen molar-refractivity contribution in [2.24, 2.45) is 0 Å². The zero-order valence-corrected chi connectivity index (χ0v) is 23.5. The molecule has 35 heavy (non-hydrogen) atoms. The van der Waals surface area contributed by atoms with Crippen LogP contribution in [0, 0.1) is 0 Å². The Morgan fingerprint density at radius 1 is 0.400 bits per heavy atom. The van der Waals surface area contributed by atoms with Crippen molar-refractivity contribution in [1.29, 1.82) is 0 Å². The standard InChI is InChI=1S/C32H62O3/c33-31-29-27-25-23-21-19-17-15-13-11-9-7-5-3-1-2-4-6-8-10-12-14-16-18-20-22-24-26-28-30-32(34)35/h17,19,33H,1-16,18,20-31H2,(H,34,35)/b19-17-. The second-order valence-electron chi connectivity index (χ2n) is 10.8. The number of hydrogen-bond acceptors (Lipinski definition) is 2. The molecule has 0 aliphatic heterocycles. The quantitative estimate of drug-likeness (QED) is 0.0771. The van der Waals surface area contributed by atoms with Gasteiger partial charge in [0.15, 0.2) is 0 Å². The van der Waals surface area contributed by atoms with Gasteiger partial charge < -0.3 is 10.2 Å². The summed E-state index contributed by atoms with van der Waals surface area (Å²) in [5.41, 5.74) is 0. The summed E-state index contributed by atoms with van der Waals surface area (Å²) in [6, 6.07) is 0. The van der Waals surface area contributed by atoms with Crippen LogP contribution in [0.2, 0.25) is 0 Å². The predicted molar refractivity (Wildman–Crippen MR) is 153 cm³/mol. The highest BCUT2D eigenvalue weighted by Crippen LogP contribution is 2.15. The first-order valence-electron chi connectivity index (χ1n) is 15.7. The number of carboxylic acids is 1. The van der Waals surface area contributed by atoms with E-state index in [0.29, 0.717) is 13.0 Å². The van der Waals surface area contributed by atoms with E-state index in [1.807, 2.05) is 0 Å². The van der Waals surface area contributed by atoms with Gasteiger partial charge in [-0.2, -0.15) is 0 Å². The smallest absolute Gasteiger partial charge is 0.303 e. The Kier molecular flexibility index (Phi) is 30.5. The van der Waals surface area contributed by atoms with E-state index < -0.39 is 5.97 Å². The summed E-state index contributed by atoms with van der Waals surface area (Å²) in [6.45, 7) is 0.348. The van der Waals surface area contributed by atoms with Crippen LogP contribution >= 0.6 is 0 Å². The second kappa shape index (κ2) is 31.2. The fourth-order valence-electron chi connectivity index (χ4n) is 4.86. The van der Waals surface area contributed by atoms with Crippen LogP contribution in [0.1, 0.15) is 180 Å². The van der Waals surface area contributed by atoms with Gasteiger partial charge in [0.2, 0.25) is 0 Å². The summed E-state index contributed by atoms with van der Waals surface area (Å²) in [5, 5.41) is 17.4. The van der Waals surface area contributed by atoms with Crippen molar-refractivity contribution in [3.05, 3.63) is 12.2 Å². The minimum absolute atomic E-state index is 0.341. The Hall–Kier alpha value is -0.830. The summed E-state index contributed by atoms with van der Waals surface area (Å²) in [4.78, 5) is 10.5. The third-order valence-electron chi connectivity index (χ3n) is 7.21. The van der Waals surface area contributed by atoms with Crippen molar-refractivity contribution in [2.45, 2.75) is 180 Å². The van der Waals surface area contributed by atoms with E-state index in [2.05, 4.69) is 12.2 Å². The average Bonchev–Trinajstić information content (AvgIpc) is 2.85. The third-order valence-corrected chi connectivity index (χ3v) is 7.21. The van der Waals surface area contributed by atoms with Gasteiger partial charge in [0.25, 0.3) is 0 Å². The largest absolute Gasteiger partial charge is 0.481 e. The Balaban J connectivity index is 3.06. The van der Waals surface area contributed by atoms with Gasteiger partial charge in [0.05, 0.1) is 0 Å². The van der Waals surface area contributed by atoms with Gasteiger partial charge >= 0.3 is 5.97 Å². The number of aliphatic hydroxyl groups is 1. The van der Waals surface area contributed by atoms with Gasteiger partial charge in [0.1, 0.15) is 0 Å². The number of carboxylic acid groups (broad SMARTS) is 1. The van der Waals surface area contributed by atoms with Crippen LogP contribution in [0.5, 0.6) is 0 Å². The molecule has 0 bridgehead atoms. The average molecular weight is 495 g/mol. The highest BCUT2D eigenvalue weighted by Gasteiger charge is 1.97. The molecule has 0 fully saturated rings. The number of hydrogen-bond donors (Lipinski definition) is 2. The Morgan fingerprint density at radius 2 is 0.657 bits per heavy atom. The summed E-state index contributed by atoms with van der Waals surface area (Å²) in [5.74, 6) is -0.653. The number of unbranched alkanes of at least 4 members (excludes halogenated alkanes) is 25. The van der Waals surface area contributed by atoms with Crippen molar-refractivity contribution < 1.29 is 15.0 Å². The number of carbonyl (C=O) groups is 1. The Bertz CT molecular complexity index is 433. The lowest BCUT2D eigenvalue weighted by Gasteiger charge is -2.04. The normalized spacial score (nSPS) is 11.6. The molecular formula is C32H62O3. The SMILES string of the molecule is O=C(O)CCCCCCCCCCCCCCCCCCCCCCC/C=C\CCCCCCO. The molecule has 0 aromatic rings. The third kappa shape index (κ3) is 33.2. The molecule has 0 saturated heterocycles. The molecule has 208 valence electrons. The van der Waals surface area contributed by atoms with Gasteiger partial charge in [-0.3, -0.25) is 4.79 Å². The van der Waals surface area contributed by atoms with E-state index in [0.717, 1.165) is 19.3 Å². The second-order valence-corrected chi connectivity index (χ2v) is 10.8. The molecule has 0 spiro atoms.